The van der Waals surface area contributed by atoms with E-state index in [1.165, 1.54) is 4.90 Å². The highest BCUT2D eigenvalue weighted by atomic mass is 19.4. The summed E-state index contributed by atoms with van der Waals surface area (Å²) in [6, 6.07) is 7.76. The Balaban J connectivity index is 2.25. The molecule has 0 amide bonds. The van der Waals surface area contributed by atoms with E-state index in [1.807, 2.05) is 38.1 Å². The third-order valence-electron chi connectivity index (χ3n) is 4.16. The van der Waals surface area contributed by atoms with Crippen LogP contribution in [-0.2, 0) is 0 Å². The van der Waals surface area contributed by atoms with Crippen LogP contribution in [0.3, 0.4) is 0 Å². The zero-order valence-corrected chi connectivity index (χ0v) is 11.9. The molecule has 110 valence electrons. The van der Waals surface area contributed by atoms with Gasteiger partial charge in [-0.25, -0.2) is 0 Å². The van der Waals surface area contributed by atoms with E-state index in [2.05, 4.69) is 6.58 Å². The minimum absolute atomic E-state index is 0.129. The molecular weight excluding hydrogens is 263 g/mol. The van der Waals surface area contributed by atoms with Crippen LogP contribution in [0.1, 0.15) is 36.8 Å². The number of nitrogens with zero attached hydrogens (tertiary/aromatic N) is 1. The van der Waals surface area contributed by atoms with Gasteiger partial charge in [0.1, 0.15) is 6.54 Å². The molecule has 2 atom stereocenters. The number of hydrogen-bond donors (Lipinski definition) is 0. The summed E-state index contributed by atoms with van der Waals surface area (Å²) in [7, 11) is 0. The van der Waals surface area contributed by atoms with Gasteiger partial charge in [0.2, 0.25) is 0 Å². The second kappa shape index (κ2) is 5.51. The molecular formula is C16H20F3N. The smallest absolute Gasteiger partial charge is 0.363 e. The van der Waals surface area contributed by atoms with Crippen LogP contribution in [0.15, 0.2) is 36.5 Å². The van der Waals surface area contributed by atoms with Gasteiger partial charge in [-0.3, -0.25) is 0 Å². The summed E-state index contributed by atoms with van der Waals surface area (Å²) >= 11 is 0. The highest BCUT2D eigenvalue weighted by Gasteiger charge is 2.38. The SMILES string of the molecule is C=C1CCC(c2ccccc2C)C(C)N1CC(F)(F)F. The first-order valence-corrected chi connectivity index (χ1v) is 6.86. The third-order valence-corrected chi connectivity index (χ3v) is 4.16. The minimum Gasteiger partial charge on any atom is -0.363 e. The topological polar surface area (TPSA) is 3.24 Å². The van der Waals surface area contributed by atoms with Gasteiger partial charge in [-0.2, -0.15) is 13.2 Å². The minimum atomic E-state index is -4.19. The maximum Gasteiger partial charge on any atom is 0.405 e. The number of halogens is 3. The molecule has 20 heavy (non-hydrogen) atoms. The number of alkyl halides is 3. The molecule has 1 fully saturated rings. The van der Waals surface area contributed by atoms with E-state index in [0.29, 0.717) is 12.1 Å². The monoisotopic (exact) mass is 283 g/mol. The van der Waals surface area contributed by atoms with Crippen molar-refractivity contribution in [2.75, 3.05) is 6.54 Å². The Morgan fingerprint density at radius 2 is 1.95 bits per heavy atom. The van der Waals surface area contributed by atoms with Gasteiger partial charge in [0, 0.05) is 17.7 Å². The molecule has 1 aliphatic rings. The fourth-order valence-corrected chi connectivity index (χ4v) is 3.08. The van der Waals surface area contributed by atoms with Crippen molar-refractivity contribution < 1.29 is 13.2 Å². The number of piperidine rings is 1. The second-order valence-corrected chi connectivity index (χ2v) is 5.55. The Kier molecular flexibility index (Phi) is 4.11. The first-order chi connectivity index (χ1) is 9.29. The quantitative estimate of drug-likeness (QED) is 0.764. The third kappa shape index (κ3) is 3.17. The molecule has 1 saturated heterocycles. The molecule has 1 aromatic rings. The number of likely N-dealkylation sites (tertiary alicyclic amines) is 1. The molecule has 0 saturated carbocycles. The van der Waals surface area contributed by atoms with Gasteiger partial charge in [0.05, 0.1) is 0 Å². The average molecular weight is 283 g/mol. The Hall–Kier alpha value is -1.45. The predicted octanol–water partition coefficient (Wildman–Crippen LogP) is 4.64. The van der Waals surface area contributed by atoms with Crippen LogP contribution in [0, 0.1) is 6.92 Å². The van der Waals surface area contributed by atoms with Crippen molar-refractivity contribution in [3.63, 3.8) is 0 Å². The molecule has 4 heteroatoms. The van der Waals surface area contributed by atoms with Crippen LogP contribution >= 0.6 is 0 Å². The van der Waals surface area contributed by atoms with Gasteiger partial charge in [0.15, 0.2) is 0 Å². The largest absolute Gasteiger partial charge is 0.405 e. The van der Waals surface area contributed by atoms with Crippen LogP contribution in [0.5, 0.6) is 0 Å². The first-order valence-electron chi connectivity index (χ1n) is 6.86. The van der Waals surface area contributed by atoms with Crippen molar-refractivity contribution in [2.45, 2.75) is 44.8 Å². The Labute approximate surface area is 118 Å². The van der Waals surface area contributed by atoms with Gasteiger partial charge in [-0.05, 0) is 37.8 Å². The van der Waals surface area contributed by atoms with Gasteiger partial charge in [-0.15, -0.1) is 0 Å². The first kappa shape index (κ1) is 14.9. The highest BCUT2D eigenvalue weighted by Crippen LogP contribution is 2.39. The van der Waals surface area contributed by atoms with E-state index >= 15 is 0 Å². The van der Waals surface area contributed by atoms with Crippen molar-refractivity contribution >= 4 is 0 Å². The van der Waals surface area contributed by atoms with Crippen LogP contribution in [0.4, 0.5) is 13.2 Å². The van der Waals surface area contributed by atoms with Crippen LogP contribution in [0.25, 0.3) is 0 Å². The molecule has 0 radical (unpaired) electrons. The number of allylic oxidation sites excluding steroid dienone is 1. The fraction of sp³-hybridized carbons (Fsp3) is 0.500. The Morgan fingerprint density at radius 1 is 1.30 bits per heavy atom. The molecule has 0 N–H and O–H groups in total. The lowest BCUT2D eigenvalue weighted by Crippen LogP contribution is -2.45. The Bertz CT molecular complexity index is 493. The van der Waals surface area contributed by atoms with Gasteiger partial charge in [0.25, 0.3) is 0 Å². The summed E-state index contributed by atoms with van der Waals surface area (Å²) in [5, 5.41) is 0. The predicted molar refractivity (Wildman–Crippen MR) is 74.5 cm³/mol. The zero-order valence-electron chi connectivity index (χ0n) is 11.9. The zero-order chi connectivity index (χ0) is 14.9. The van der Waals surface area contributed by atoms with Crippen molar-refractivity contribution in [3.05, 3.63) is 47.7 Å². The van der Waals surface area contributed by atoms with Crippen molar-refractivity contribution in [3.8, 4) is 0 Å². The molecule has 0 aliphatic carbocycles. The van der Waals surface area contributed by atoms with E-state index in [-0.39, 0.29) is 12.0 Å². The summed E-state index contributed by atoms with van der Waals surface area (Å²) in [5.41, 5.74) is 2.89. The lowest BCUT2D eigenvalue weighted by Gasteiger charge is -2.43. The molecule has 1 nitrogen and oxygen atoms in total. The molecule has 2 rings (SSSR count). The van der Waals surface area contributed by atoms with Gasteiger partial charge in [-0.1, -0.05) is 30.8 Å². The van der Waals surface area contributed by atoms with Crippen molar-refractivity contribution in [1.82, 2.24) is 4.90 Å². The summed E-state index contributed by atoms with van der Waals surface area (Å²) in [6.45, 7) is 6.78. The molecule has 0 bridgehead atoms. The maximum absolute atomic E-state index is 12.7. The van der Waals surface area contributed by atoms with Crippen LogP contribution < -0.4 is 0 Å². The molecule has 0 aromatic heterocycles. The number of rotatable bonds is 2. The lowest BCUT2D eigenvalue weighted by atomic mass is 9.81. The molecule has 1 aliphatic heterocycles. The second-order valence-electron chi connectivity index (χ2n) is 5.55. The molecule has 1 heterocycles. The summed E-state index contributed by atoms with van der Waals surface area (Å²) in [4.78, 5) is 1.42. The van der Waals surface area contributed by atoms with Crippen LogP contribution in [0.2, 0.25) is 0 Å². The van der Waals surface area contributed by atoms with E-state index in [9.17, 15) is 13.2 Å². The summed E-state index contributed by atoms with van der Waals surface area (Å²) in [5.74, 6) is 0.129. The standard InChI is InChI=1S/C16H20F3N/c1-11-6-4-5-7-14(11)15-9-8-12(2)20(13(15)3)10-16(17,18)19/h4-7,13,15H,2,8-10H2,1,3H3. The van der Waals surface area contributed by atoms with Crippen molar-refractivity contribution in [1.29, 1.82) is 0 Å². The van der Waals surface area contributed by atoms with E-state index in [4.69, 9.17) is 0 Å². The van der Waals surface area contributed by atoms with E-state index in [0.717, 1.165) is 17.5 Å². The van der Waals surface area contributed by atoms with Crippen molar-refractivity contribution in [2.24, 2.45) is 0 Å². The van der Waals surface area contributed by atoms with Gasteiger partial charge < -0.3 is 4.90 Å². The summed E-state index contributed by atoms with van der Waals surface area (Å²) in [6.07, 6.45) is -2.70. The number of hydrogen-bond acceptors (Lipinski definition) is 1. The molecule has 1 aromatic carbocycles. The number of benzene rings is 1. The summed E-state index contributed by atoms with van der Waals surface area (Å²) < 4.78 is 38.1. The lowest BCUT2D eigenvalue weighted by molar-refractivity contribution is -0.148. The van der Waals surface area contributed by atoms with E-state index < -0.39 is 12.7 Å². The Morgan fingerprint density at radius 3 is 2.55 bits per heavy atom. The van der Waals surface area contributed by atoms with E-state index in [1.54, 1.807) is 0 Å². The normalized spacial score (nSPS) is 24.1. The van der Waals surface area contributed by atoms with Crippen LogP contribution in [-0.4, -0.2) is 23.7 Å². The van der Waals surface area contributed by atoms with Gasteiger partial charge >= 0.3 is 6.18 Å². The number of aryl methyl sites for hydroxylation is 1. The fourth-order valence-electron chi connectivity index (χ4n) is 3.08. The molecule has 0 spiro atoms. The maximum atomic E-state index is 12.7. The highest BCUT2D eigenvalue weighted by molar-refractivity contribution is 5.31. The molecule has 2 unspecified atom stereocenters. The average Bonchev–Trinajstić information content (AvgIpc) is 2.35.